The minimum Gasteiger partial charge on any atom is -0.382 e. The number of anilines is 2. The Morgan fingerprint density at radius 1 is 1.33 bits per heavy atom. The Morgan fingerprint density at radius 3 is 3.00 bits per heavy atom. The van der Waals surface area contributed by atoms with E-state index in [-0.39, 0.29) is 5.41 Å². The molecule has 0 amide bonds. The van der Waals surface area contributed by atoms with Gasteiger partial charge in [0.25, 0.3) is 0 Å². The van der Waals surface area contributed by atoms with Gasteiger partial charge in [0.2, 0.25) is 0 Å². The first-order chi connectivity index (χ1) is 16.0. The van der Waals surface area contributed by atoms with E-state index < -0.39 is 0 Å². The zero-order chi connectivity index (χ0) is 22.7. The number of thiazole rings is 1. The normalized spacial score (nSPS) is 24.3. The summed E-state index contributed by atoms with van der Waals surface area (Å²) in [6, 6.07) is 1.80. The smallest absolute Gasteiger partial charge is 0.177 e. The van der Waals surface area contributed by atoms with Crippen LogP contribution in [0.4, 0.5) is 11.6 Å². The lowest BCUT2D eigenvalue weighted by molar-refractivity contribution is 0.545. The van der Waals surface area contributed by atoms with E-state index in [9.17, 15) is 0 Å². The van der Waals surface area contributed by atoms with Gasteiger partial charge in [-0.2, -0.15) is 5.10 Å². The Labute approximate surface area is 203 Å². The van der Waals surface area contributed by atoms with Gasteiger partial charge in [0, 0.05) is 47.2 Å². The lowest BCUT2D eigenvalue weighted by atomic mass is 10.0. The van der Waals surface area contributed by atoms with Crippen molar-refractivity contribution in [1.29, 1.82) is 0 Å². The molecule has 2 fully saturated rings. The SMILES string of the molecule is Cc1csc(C2(CN)C3CCN(c4cnc5c(Sc6ccnc(N)c6Cl)n[nH]c5n4)CC32)n1. The molecule has 4 aromatic rings. The quantitative estimate of drug-likeness (QED) is 0.378. The first kappa shape index (κ1) is 21.1. The van der Waals surface area contributed by atoms with E-state index in [4.69, 9.17) is 33.0 Å². The van der Waals surface area contributed by atoms with Crippen molar-refractivity contribution in [3.05, 3.63) is 39.6 Å². The highest BCUT2D eigenvalue weighted by Crippen LogP contribution is 2.63. The second-order valence-electron chi connectivity index (χ2n) is 8.55. The van der Waals surface area contributed by atoms with Crippen LogP contribution in [0.25, 0.3) is 11.2 Å². The Kier molecular flexibility index (Phi) is 4.98. The predicted octanol–water partition coefficient (Wildman–Crippen LogP) is 3.25. The second-order valence-corrected chi connectivity index (χ2v) is 10.8. The number of nitrogens with one attached hydrogen (secondary N) is 1. The third-order valence-corrected chi connectivity index (χ3v) is 9.52. The zero-order valence-electron chi connectivity index (χ0n) is 17.8. The third-order valence-electron chi connectivity index (χ3n) is 6.82. The van der Waals surface area contributed by atoms with E-state index >= 15 is 0 Å². The van der Waals surface area contributed by atoms with Gasteiger partial charge in [-0.05, 0) is 31.2 Å². The summed E-state index contributed by atoms with van der Waals surface area (Å²) in [6.45, 7) is 4.51. The number of hydrogen-bond acceptors (Lipinski definition) is 10. The summed E-state index contributed by atoms with van der Waals surface area (Å²) in [5, 5.41) is 11.8. The van der Waals surface area contributed by atoms with Gasteiger partial charge < -0.3 is 16.4 Å². The first-order valence-electron chi connectivity index (χ1n) is 10.7. The molecule has 0 radical (unpaired) electrons. The number of aromatic nitrogens is 6. The molecular weight excluding hydrogens is 478 g/mol. The van der Waals surface area contributed by atoms with Crippen molar-refractivity contribution in [2.45, 2.75) is 28.7 Å². The van der Waals surface area contributed by atoms with E-state index in [1.165, 1.54) is 16.8 Å². The topological polar surface area (TPSA) is 136 Å². The summed E-state index contributed by atoms with van der Waals surface area (Å²) >= 11 is 9.41. The molecule has 9 nitrogen and oxygen atoms in total. The summed E-state index contributed by atoms with van der Waals surface area (Å²) in [5.74, 6) is 2.22. The molecule has 3 atom stereocenters. The maximum absolute atomic E-state index is 6.30. The Bertz CT molecular complexity index is 1350. The van der Waals surface area contributed by atoms with Gasteiger partial charge in [-0.1, -0.05) is 23.4 Å². The van der Waals surface area contributed by atoms with Gasteiger partial charge in [0.1, 0.15) is 22.2 Å². The van der Waals surface area contributed by atoms with Crippen LogP contribution in [0.3, 0.4) is 0 Å². The summed E-state index contributed by atoms with van der Waals surface area (Å²) in [5.41, 5.74) is 14.5. The van der Waals surface area contributed by atoms with Crippen LogP contribution in [0.15, 0.2) is 33.8 Å². The minimum absolute atomic E-state index is 0.00859. The summed E-state index contributed by atoms with van der Waals surface area (Å²) in [4.78, 5) is 21.4. The Balaban J connectivity index is 1.24. The number of H-pyrrole nitrogens is 1. The molecule has 1 aliphatic heterocycles. The summed E-state index contributed by atoms with van der Waals surface area (Å²) in [6.07, 6.45) is 4.52. The number of piperidine rings is 1. The average molecular weight is 500 g/mol. The fourth-order valence-electron chi connectivity index (χ4n) is 5.08. The fourth-order valence-corrected chi connectivity index (χ4v) is 7.31. The number of rotatable bonds is 5. The van der Waals surface area contributed by atoms with Gasteiger partial charge in [-0.25, -0.2) is 19.9 Å². The molecule has 0 aromatic carbocycles. The molecule has 170 valence electrons. The van der Waals surface area contributed by atoms with Crippen molar-refractivity contribution in [2.75, 3.05) is 30.3 Å². The van der Waals surface area contributed by atoms with Crippen LogP contribution >= 0.6 is 34.7 Å². The molecule has 1 saturated carbocycles. The largest absolute Gasteiger partial charge is 0.382 e. The molecule has 6 rings (SSSR count). The number of fused-ring (bicyclic) bond motifs is 2. The van der Waals surface area contributed by atoms with Crippen LogP contribution in [-0.2, 0) is 5.41 Å². The van der Waals surface area contributed by atoms with Crippen molar-refractivity contribution in [1.82, 2.24) is 30.1 Å². The highest BCUT2D eigenvalue weighted by molar-refractivity contribution is 7.99. The Morgan fingerprint density at radius 2 is 2.21 bits per heavy atom. The maximum atomic E-state index is 6.30. The molecule has 0 spiro atoms. The van der Waals surface area contributed by atoms with Crippen molar-refractivity contribution in [3.8, 4) is 0 Å². The predicted molar refractivity (Wildman–Crippen MR) is 131 cm³/mol. The molecule has 33 heavy (non-hydrogen) atoms. The number of halogens is 1. The monoisotopic (exact) mass is 499 g/mol. The highest BCUT2D eigenvalue weighted by atomic mass is 35.5. The van der Waals surface area contributed by atoms with Gasteiger partial charge in [-0.3, -0.25) is 5.10 Å². The van der Waals surface area contributed by atoms with Crippen LogP contribution < -0.4 is 16.4 Å². The lowest BCUT2D eigenvalue weighted by Gasteiger charge is -2.26. The molecule has 5 N–H and O–H groups in total. The number of aryl methyl sites for hydroxylation is 1. The number of pyridine rings is 1. The van der Waals surface area contributed by atoms with Crippen LogP contribution in [0, 0.1) is 18.8 Å². The minimum atomic E-state index is 0.00859. The highest BCUT2D eigenvalue weighted by Gasteiger charge is 2.67. The molecule has 1 aliphatic carbocycles. The number of nitrogens with zero attached hydrogens (tertiary/aromatic N) is 6. The zero-order valence-corrected chi connectivity index (χ0v) is 20.2. The molecule has 3 unspecified atom stereocenters. The van der Waals surface area contributed by atoms with Gasteiger partial charge >= 0.3 is 0 Å². The number of hydrogen-bond donors (Lipinski definition) is 3. The van der Waals surface area contributed by atoms with Crippen LogP contribution in [0.2, 0.25) is 5.02 Å². The van der Waals surface area contributed by atoms with Crippen molar-refractivity contribution >= 4 is 57.5 Å². The molecule has 1 saturated heterocycles. The van der Waals surface area contributed by atoms with Crippen molar-refractivity contribution in [2.24, 2.45) is 17.6 Å². The number of nitrogens with two attached hydrogens (primary N) is 2. The van der Waals surface area contributed by atoms with E-state index in [1.54, 1.807) is 23.6 Å². The number of nitrogen functional groups attached to an aromatic ring is 1. The lowest BCUT2D eigenvalue weighted by Crippen LogP contribution is -2.32. The molecule has 5 heterocycles. The van der Waals surface area contributed by atoms with E-state index in [1.807, 2.05) is 13.1 Å². The standard InChI is InChI=1S/C21H22ClN9S2/c1-10-8-32-20(27-10)21(9-23)11-3-5-31(7-12(11)21)14-6-26-16-18(28-14)29-30-19(16)33-13-2-4-25-17(24)15(13)22/h2,4,6,8,11-12H,3,5,7,9,23H2,1H3,(H2,24,25)(H,28,29,30). The fraction of sp³-hybridized carbons (Fsp3) is 0.381. The van der Waals surface area contributed by atoms with E-state index in [2.05, 4.69) is 30.4 Å². The molecule has 0 bridgehead atoms. The second kappa shape index (κ2) is 7.79. The Hall–Kier alpha value is -2.47. The average Bonchev–Trinajstić information content (AvgIpc) is 3.06. The summed E-state index contributed by atoms with van der Waals surface area (Å²) in [7, 11) is 0. The molecule has 2 aliphatic rings. The third kappa shape index (κ3) is 3.29. The van der Waals surface area contributed by atoms with Crippen LogP contribution in [-0.4, -0.2) is 49.8 Å². The van der Waals surface area contributed by atoms with Crippen LogP contribution in [0.1, 0.15) is 17.1 Å². The van der Waals surface area contributed by atoms with Gasteiger partial charge in [0.15, 0.2) is 10.7 Å². The van der Waals surface area contributed by atoms with Gasteiger partial charge in [0.05, 0.1) is 11.2 Å². The van der Waals surface area contributed by atoms with Gasteiger partial charge in [-0.15, -0.1) is 11.3 Å². The maximum Gasteiger partial charge on any atom is 0.177 e. The van der Waals surface area contributed by atoms with Crippen molar-refractivity contribution < 1.29 is 0 Å². The molecule has 4 aromatic heterocycles. The van der Waals surface area contributed by atoms with Crippen molar-refractivity contribution in [3.63, 3.8) is 0 Å². The van der Waals surface area contributed by atoms with E-state index in [0.717, 1.165) is 35.9 Å². The van der Waals surface area contributed by atoms with Crippen LogP contribution in [0.5, 0.6) is 0 Å². The first-order valence-corrected chi connectivity index (χ1v) is 12.7. The number of aromatic amines is 1. The molecule has 12 heteroatoms. The van der Waals surface area contributed by atoms with E-state index in [0.29, 0.717) is 45.4 Å². The molecular formula is C21H22ClN9S2. The summed E-state index contributed by atoms with van der Waals surface area (Å²) < 4.78 is 0.